The Morgan fingerprint density at radius 2 is 1.90 bits per heavy atom. The van der Waals surface area contributed by atoms with Gasteiger partial charge in [-0.3, -0.25) is 0 Å². The molecule has 20 heavy (non-hydrogen) atoms. The highest BCUT2D eigenvalue weighted by Crippen LogP contribution is 2.25. The number of aryl methyl sites for hydroxylation is 2. The van der Waals surface area contributed by atoms with Crippen molar-refractivity contribution in [2.24, 2.45) is 0 Å². The van der Waals surface area contributed by atoms with E-state index in [1.807, 2.05) is 0 Å². The number of halogens is 1. The lowest BCUT2D eigenvalue weighted by Gasteiger charge is -2.16. The third-order valence-corrected chi connectivity index (χ3v) is 4.87. The van der Waals surface area contributed by atoms with Crippen LogP contribution in [0.15, 0.2) is 46.9 Å². The maximum atomic E-state index is 3.62. The second-order valence-electron chi connectivity index (χ2n) is 5.58. The number of hydrogen-bond acceptors (Lipinski definition) is 1. The zero-order valence-electron chi connectivity index (χ0n) is 11.8. The van der Waals surface area contributed by atoms with Gasteiger partial charge in [0.25, 0.3) is 0 Å². The number of benzene rings is 2. The van der Waals surface area contributed by atoms with Gasteiger partial charge in [-0.1, -0.05) is 52.3 Å². The van der Waals surface area contributed by atoms with Crippen LogP contribution in [0.3, 0.4) is 0 Å². The molecular weight excluding hydrogens is 310 g/mol. The Balaban J connectivity index is 1.66. The summed E-state index contributed by atoms with van der Waals surface area (Å²) in [6.07, 6.45) is 3.83. The first-order valence-corrected chi connectivity index (χ1v) is 8.12. The molecule has 0 bridgehead atoms. The van der Waals surface area contributed by atoms with Crippen molar-refractivity contribution in [1.82, 2.24) is 5.32 Å². The molecule has 0 aromatic heterocycles. The summed E-state index contributed by atoms with van der Waals surface area (Å²) in [7, 11) is 0. The van der Waals surface area contributed by atoms with Gasteiger partial charge >= 0.3 is 0 Å². The minimum absolute atomic E-state index is 0.346. The van der Waals surface area contributed by atoms with Crippen LogP contribution in [-0.4, -0.2) is 0 Å². The molecule has 1 atom stereocenters. The number of fused-ring (bicyclic) bond motifs is 1. The van der Waals surface area contributed by atoms with Gasteiger partial charge in [0.05, 0.1) is 0 Å². The van der Waals surface area contributed by atoms with E-state index in [1.54, 1.807) is 11.1 Å². The Morgan fingerprint density at radius 1 is 1.10 bits per heavy atom. The highest BCUT2D eigenvalue weighted by molar-refractivity contribution is 9.10. The van der Waals surface area contributed by atoms with Crippen molar-refractivity contribution < 1.29 is 0 Å². The molecule has 1 aliphatic carbocycles. The molecule has 3 rings (SSSR count). The van der Waals surface area contributed by atoms with Gasteiger partial charge in [0.15, 0.2) is 0 Å². The lowest BCUT2D eigenvalue weighted by molar-refractivity contribution is 0.572. The van der Waals surface area contributed by atoms with Gasteiger partial charge in [-0.15, -0.1) is 0 Å². The third kappa shape index (κ3) is 2.97. The Hall–Kier alpha value is -1.12. The van der Waals surface area contributed by atoms with Crippen molar-refractivity contribution in [3.05, 3.63) is 69.2 Å². The maximum absolute atomic E-state index is 3.62. The van der Waals surface area contributed by atoms with Crippen LogP contribution in [0.1, 0.15) is 41.6 Å². The van der Waals surface area contributed by atoms with Crippen LogP contribution in [0.25, 0.3) is 0 Å². The SMILES string of the molecule is C[C@H](NCc1ccc2c(c1)CCC2)c1ccccc1Br. The summed E-state index contributed by atoms with van der Waals surface area (Å²) in [5.41, 5.74) is 5.81. The lowest BCUT2D eigenvalue weighted by Crippen LogP contribution is -2.18. The predicted molar refractivity (Wildman–Crippen MR) is 87.9 cm³/mol. The second kappa shape index (κ2) is 6.11. The summed E-state index contributed by atoms with van der Waals surface area (Å²) in [5.74, 6) is 0. The first-order valence-electron chi connectivity index (χ1n) is 7.32. The van der Waals surface area contributed by atoms with Crippen LogP contribution < -0.4 is 5.32 Å². The molecule has 2 aromatic carbocycles. The fraction of sp³-hybridized carbons (Fsp3) is 0.333. The maximum Gasteiger partial charge on any atom is 0.0306 e. The van der Waals surface area contributed by atoms with E-state index in [2.05, 4.69) is 70.6 Å². The molecule has 0 saturated heterocycles. The second-order valence-corrected chi connectivity index (χ2v) is 6.44. The molecule has 1 nitrogen and oxygen atoms in total. The normalized spacial score (nSPS) is 15.1. The van der Waals surface area contributed by atoms with Crippen molar-refractivity contribution in [2.75, 3.05) is 0 Å². The van der Waals surface area contributed by atoms with Crippen LogP contribution in [-0.2, 0) is 19.4 Å². The summed E-state index contributed by atoms with van der Waals surface area (Å²) in [6.45, 7) is 3.14. The Bertz CT molecular complexity index is 606. The van der Waals surface area contributed by atoms with Gasteiger partial charge in [-0.25, -0.2) is 0 Å². The van der Waals surface area contributed by atoms with E-state index in [1.165, 1.54) is 34.9 Å². The quantitative estimate of drug-likeness (QED) is 0.850. The summed E-state index contributed by atoms with van der Waals surface area (Å²) in [5, 5.41) is 3.62. The molecule has 1 aliphatic rings. The van der Waals surface area contributed by atoms with Crippen molar-refractivity contribution in [1.29, 1.82) is 0 Å². The van der Waals surface area contributed by atoms with E-state index >= 15 is 0 Å². The molecule has 0 spiro atoms. The minimum atomic E-state index is 0.346. The van der Waals surface area contributed by atoms with Crippen LogP contribution in [0.5, 0.6) is 0 Å². The fourth-order valence-corrected chi connectivity index (χ4v) is 3.57. The standard InChI is InChI=1S/C18H20BrN/c1-13(17-7-2-3-8-18(17)19)20-12-14-9-10-15-5-4-6-16(15)11-14/h2-3,7-11,13,20H,4-6,12H2,1H3/t13-/m0/s1. The minimum Gasteiger partial charge on any atom is -0.306 e. The molecule has 1 N–H and O–H groups in total. The zero-order chi connectivity index (χ0) is 13.9. The van der Waals surface area contributed by atoms with E-state index in [0.29, 0.717) is 6.04 Å². The Morgan fingerprint density at radius 3 is 2.75 bits per heavy atom. The van der Waals surface area contributed by atoms with Gasteiger partial charge in [0.1, 0.15) is 0 Å². The van der Waals surface area contributed by atoms with Crippen LogP contribution >= 0.6 is 15.9 Å². The average molecular weight is 330 g/mol. The average Bonchev–Trinajstić information content (AvgIpc) is 2.92. The van der Waals surface area contributed by atoms with Crippen molar-refractivity contribution in [3.63, 3.8) is 0 Å². The molecule has 0 amide bonds. The lowest BCUT2D eigenvalue weighted by atomic mass is 10.1. The van der Waals surface area contributed by atoms with Crippen molar-refractivity contribution in [3.8, 4) is 0 Å². The van der Waals surface area contributed by atoms with Gasteiger partial charge in [-0.05, 0) is 54.5 Å². The Labute approximate surface area is 129 Å². The molecule has 0 radical (unpaired) electrons. The first kappa shape index (κ1) is 13.8. The molecule has 2 heteroatoms. The molecule has 0 aliphatic heterocycles. The van der Waals surface area contributed by atoms with Crippen molar-refractivity contribution in [2.45, 2.75) is 38.8 Å². The van der Waals surface area contributed by atoms with E-state index in [-0.39, 0.29) is 0 Å². The molecule has 0 heterocycles. The molecule has 104 valence electrons. The number of rotatable bonds is 4. The summed E-state index contributed by atoms with van der Waals surface area (Å²) >= 11 is 3.62. The highest BCUT2D eigenvalue weighted by atomic mass is 79.9. The summed E-state index contributed by atoms with van der Waals surface area (Å²) < 4.78 is 1.17. The zero-order valence-corrected chi connectivity index (χ0v) is 13.4. The largest absolute Gasteiger partial charge is 0.306 e. The smallest absolute Gasteiger partial charge is 0.0306 e. The molecule has 0 saturated carbocycles. The van der Waals surface area contributed by atoms with Gasteiger partial charge in [0, 0.05) is 17.1 Å². The highest BCUT2D eigenvalue weighted by Gasteiger charge is 2.12. The molecule has 0 fully saturated rings. The molecule has 2 aromatic rings. The van der Waals surface area contributed by atoms with Gasteiger partial charge < -0.3 is 5.32 Å². The van der Waals surface area contributed by atoms with Crippen molar-refractivity contribution >= 4 is 15.9 Å². The van der Waals surface area contributed by atoms with E-state index in [4.69, 9.17) is 0 Å². The topological polar surface area (TPSA) is 12.0 Å². The van der Waals surface area contributed by atoms with Crippen LogP contribution in [0.4, 0.5) is 0 Å². The first-order chi connectivity index (χ1) is 9.74. The molecular formula is C18H20BrN. The fourth-order valence-electron chi connectivity index (χ4n) is 2.94. The van der Waals surface area contributed by atoms with Gasteiger partial charge in [0.2, 0.25) is 0 Å². The molecule has 0 unspecified atom stereocenters. The third-order valence-electron chi connectivity index (χ3n) is 4.15. The predicted octanol–water partition coefficient (Wildman–Crippen LogP) is 4.79. The van der Waals surface area contributed by atoms with Crippen LogP contribution in [0.2, 0.25) is 0 Å². The number of hydrogen-bond donors (Lipinski definition) is 1. The summed E-state index contributed by atoms with van der Waals surface area (Å²) in [6, 6.07) is 15.7. The van der Waals surface area contributed by atoms with Crippen LogP contribution in [0, 0.1) is 0 Å². The van der Waals surface area contributed by atoms with Gasteiger partial charge in [-0.2, -0.15) is 0 Å². The van der Waals surface area contributed by atoms with E-state index < -0.39 is 0 Å². The number of nitrogens with one attached hydrogen (secondary N) is 1. The Kier molecular flexibility index (Phi) is 4.23. The monoisotopic (exact) mass is 329 g/mol. The van der Waals surface area contributed by atoms with E-state index in [0.717, 1.165) is 6.54 Å². The van der Waals surface area contributed by atoms with E-state index in [9.17, 15) is 0 Å². The summed E-state index contributed by atoms with van der Waals surface area (Å²) in [4.78, 5) is 0.